The van der Waals surface area contributed by atoms with Gasteiger partial charge in [0.05, 0.1) is 6.54 Å². The van der Waals surface area contributed by atoms with Crippen LogP contribution in [0.4, 0.5) is 0 Å². The van der Waals surface area contributed by atoms with E-state index in [-0.39, 0.29) is 6.54 Å². The normalized spacial score (nSPS) is 11.6. The van der Waals surface area contributed by atoms with Gasteiger partial charge in [-0.1, -0.05) is 23.4 Å². The van der Waals surface area contributed by atoms with Gasteiger partial charge in [-0.3, -0.25) is 9.69 Å². The first-order chi connectivity index (χ1) is 14.4. The van der Waals surface area contributed by atoms with Crippen molar-refractivity contribution < 1.29 is 14.4 Å². The molecule has 0 fully saturated rings. The number of rotatable bonds is 7. The van der Waals surface area contributed by atoms with E-state index < -0.39 is 5.97 Å². The van der Waals surface area contributed by atoms with Crippen molar-refractivity contribution in [2.24, 2.45) is 0 Å². The van der Waals surface area contributed by atoms with Gasteiger partial charge in [-0.2, -0.15) is 4.98 Å². The molecule has 7 heteroatoms. The number of aromatic nitrogens is 3. The van der Waals surface area contributed by atoms with Crippen molar-refractivity contribution in [1.29, 1.82) is 0 Å². The highest BCUT2D eigenvalue weighted by Crippen LogP contribution is 2.28. The first-order valence-corrected chi connectivity index (χ1v) is 9.85. The second-order valence-corrected chi connectivity index (χ2v) is 7.78. The highest BCUT2D eigenvalue weighted by Gasteiger charge is 2.13. The summed E-state index contributed by atoms with van der Waals surface area (Å²) in [5, 5.41) is 14.2. The number of likely N-dealkylation sites (N-methyl/N-ethyl adjacent to an activating group) is 1. The first kappa shape index (κ1) is 19.8. The molecule has 4 aromatic rings. The van der Waals surface area contributed by atoms with Crippen molar-refractivity contribution in [2.75, 3.05) is 13.6 Å². The zero-order valence-corrected chi connectivity index (χ0v) is 17.2. The smallest absolute Gasteiger partial charge is 0.317 e. The Balaban J connectivity index is 1.58. The van der Waals surface area contributed by atoms with Crippen LogP contribution >= 0.6 is 0 Å². The van der Waals surface area contributed by atoms with Gasteiger partial charge in [-0.25, -0.2) is 0 Å². The number of hydrogen-bond donors (Lipinski definition) is 1. The van der Waals surface area contributed by atoms with Crippen molar-refractivity contribution in [1.82, 2.24) is 19.6 Å². The molecule has 7 nitrogen and oxygen atoms in total. The van der Waals surface area contributed by atoms with Crippen molar-refractivity contribution in [3.8, 4) is 22.8 Å². The molecule has 0 amide bonds. The van der Waals surface area contributed by atoms with E-state index in [1.807, 2.05) is 30.3 Å². The topological polar surface area (TPSA) is 84.4 Å². The fourth-order valence-corrected chi connectivity index (χ4v) is 3.61. The molecule has 0 spiro atoms. The lowest BCUT2D eigenvalue weighted by Gasteiger charge is -2.14. The fourth-order valence-electron chi connectivity index (χ4n) is 3.61. The zero-order chi connectivity index (χ0) is 21.3. The van der Waals surface area contributed by atoms with Gasteiger partial charge < -0.3 is 14.2 Å². The summed E-state index contributed by atoms with van der Waals surface area (Å²) < 4.78 is 7.75. The van der Waals surface area contributed by atoms with E-state index in [1.54, 1.807) is 11.9 Å². The van der Waals surface area contributed by atoms with Crippen LogP contribution in [0.5, 0.6) is 0 Å². The SMILES string of the molecule is CC(C)n1ccc2cc(-c3nc(-c4cccc(CN(C)CC(=O)O)c4)no3)ccc21. The van der Waals surface area contributed by atoms with Crippen LogP contribution in [0.1, 0.15) is 25.5 Å². The largest absolute Gasteiger partial charge is 0.480 e. The third-order valence-electron chi connectivity index (χ3n) is 4.99. The van der Waals surface area contributed by atoms with Crippen LogP contribution in [-0.2, 0) is 11.3 Å². The lowest BCUT2D eigenvalue weighted by Crippen LogP contribution is -2.25. The molecule has 2 aromatic carbocycles. The molecule has 0 aliphatic carbocycles. The summed E-state index contributed by atoms with van der Waals surface area (Å²) in [4.78, 5) is 17.2. The monoisotopic (exact) mass is 404 g/mol. The highest BCUT2D eigenvalue weighted by atomic mass is 16.5. The molecule has 154 valence electrons. The number of hydrogen-bond acceptors (Lipinski definition) is 5. The molecule has 0 unspecified atom stereocenters. The summed E-state index contributed by atoms with van der Waals surface area (Å²) in [7, 11) is 1.77. The summed E-state index contributed by atoms with van der Waals surface area (Å²) >= 11 is 0. The van der Waals surface area contributed by atoms with Gasteiger partial charge >= 0.3 is 5.97 Å². The van der Waals surface area contributed by atoms with Crippen LogP contribution in [0.2, 0.25) is 0 Å². The predicted molar refractivity (Wildman–Crippen MR) is 115 cm³/mol. The fraction of sp³-hybridized carbons (Fsp3) is 0.261. The first-order valence-electron chi connectivity index (χ1n) is 9.85. The zero-order valence-electron chi connectivity index (χ0n) is 17.2. The average molecular weight is 404 g/mol. The molecule has 30 heavy (non-hydrogen) atoms. The lowest BCUT2D eigenvalue weighted by molar-refractivity contribution is -0.138. The van der Waals surface area contributed by atoms with E-state index in [2.05, 4.69) is 53.0 Å². The Morgan fingerprint density at radius 1 is 1.17 bits per heavy atom. The molecular formula is C23H24N4O3. The Morgan fingerprint density at radius 3 is 2.77 bits per heavy atom. The summed E-state index contributed by atoms with van der Waals surface area (Å²) in [6, 6.07) is 16.4. The molecule has 0 atom stereocenters. The number of carbonyl (C=O) groups is 1. The van der Waals surface area contributed by atoms with Gasteiger partial charge in [0.25, 0.3) is 5.89 Å². The van der Waals surface area contributed by atoms with Gasteiger partial charge in [0.1, 0.15) is 0 Å². The highest BCUT2D eigenvalue weighted by molar-refractivity contribution is 5.84. The second kappa shape index (κ2) is 8.12. The van der Waals surface area contributed by atoms with Crippen molar-refractivity contribution in [2.45, 2.75) is 26.4 Å². The number of fused-ring (bicyclic) bond motifs is 1. The van der Waals surface area contributed by atoms with Crippen LogP contribution in [0, 0.1) is 0 Å². The summed E-state index contributed by atoms with van der Waals surface area (Å²) in [6.07, 6.45) is 2.09. The summed E-state index contributed by atoms with van der Waals surface area (Å²) in [6.45, 7) is 4.82. The Hall–Kier alpha value is -3.45. The maximum Gasteiger partial charge on any atom is 0.317 e. The molecule has 0 saturated carbocycles. The Bertz CT molecular complexity index is 1190. The van der Waals surface area contributed by atoms with Crippen LogP contribution in [0.15, 0.2) is 59.3 Å². The maximum absolute atomic E-state index is 10.9. The van der Waals surface area contributed by atoms with Gasteiger partial charge in [0.2, 0.25) is 5.82 Å². The van der Waals surface area contributed by atoms with E-state index in [0.29, 0.717) is 24.3 Å². The van der Waals surface area contributed by atoms with E-state index in [4.69, 9.17) is 9.63 Å². The number of nitrogens with zero attached hydrogens (tertiary/aromatic N) is 4. The molecule has 4 rings (SSSR count). The van der Waals surface area contributed by atoms with Gasteiger partial charge in [-0.15, -0.1) is 0 Å². The minimum absolute atomic E-state index is 0.0163. The van der Waals surface area contributed by atoms with Crippen molar-refractivity contribution in [3.05, 3.63) is 60.3 Å². The van der Waals surface area contributed by atoms with Crippen molar-refractivity contribution >= 4 is 16.9 Å². The van der Waals surface area contributed by atoms with Gasteiger partial charge in [-0.05, 0) is 56.8 Å². The standard InChI is InChI=1S/C23H24N4O3/c1-15(2)27-10-9-17-12-19(7-8-20(17)27)23-24-22(25-30-23)18-6-4-5-16(11-18)13-26(3)14-21(28)29/h4-12,15H,13-14H2,1-3H3,(H,28,29). The number of carboxylic acid groups (broad SMARTS) is 1. The third kappa shape index (κ3) is 4.11. The molecule has 1 N–H and O–H groups in total. The summed E-state index contributed by atoms with van der Waals surface area (Å²) in [5.74, 6) is 0.127. The van der Waals surface area contributed by atoms with Crippen LogP contribution < -0.4 is 0 Å². The van der Waals surface area contributed by atoms with E-state index in [0.717, 1.165) is 22.1 Å². The molecule has 2 aromatic heterocycles. The van der Waals surface area contributed by atoms with Crippen molar-refractivity contribution in [3.63, 3.8) is 0 Å². The Kier molecular flexibility index (Phi) is 5.37. The molecule has 0 saturated heterocycles. The van der Waals surface area contributed by atoms with E-state index >= 15 is 0 Å². The second-order valence-electron chi connectivity index (χ2n) is 7.78. The van der Waals surface area contributed by atoms with Crippen LogP contribution in [-0.4, -0.2) is 44.3 Å². The predicted octanol–water partition coefficient (Wildman–Crippen LogP) is 4.46. The maximum atomic E-state index is 10.9. The molecule has 0 bridgehead atoms. The number of benzene rings is 2. The molecule has 0 radical (unpaired) electrons. The molecule has 0 aliphatic heterocycles. The quantitative estimate of drug-likeness (QED) is 0.490. The van der Waals surface area contributed by atoms with E-state index in [1.165, 1.54) is 5.52 Å². The van der Waals surface area contributed by atoms with E-state index in [9.17, 15) is 4.79 Å². The third-order valence-corrected chi connectivity index (χ3v) is 4.99. The minimum atomic E-state index is -0.850. The minimum Gasteiger partial charge on any atom is -0.480 e. The van der Waals surface area contributed by atoms with Gasteiger partial charge in [0, 0.05) is 40.8 Å². The molecular weight excluding hydrogens is 380 g/mol. The average Bonchev–Trinajstić information content (AvgIpc) is 3.34. The van der Waals surface area contributed by atoms with Crippen LogP contribution in [0.25, 0.3) is 33.7 Å². The molecule has 2 heterocycles. The Labute approximate surface area is 174 Å². The van der Waals surface area contributed by atoms with Crippen LogP contribution in [0.3, 0.4) is 0 Å². The number of aliphatic carboxylic acids is 1. The lowest BCUT2D eigenvalue weighted by atomic mass is 10.1. The number of carboxylic acids is 1. The molecule has 0 aliphatic rings. The summed E-state index contributed by atoms with van der Waals surface area (Å²) in [5.41, 5.74) is 3.86. The van der Waals surface area contributed by atoms with Gasteiger partial charge in [0.15, 0.2) is 0 Å². The Morgan fingerprint density at radius 2 is 2.00 bits per heavy atom.